The highest BCUT2D eigenvalue weighted by Crippen LogP contribution is 2.37. The Balaban J connectivity index is 1.64. The van der Waals surface area contributed by atoms with Crippen molar-refractivity contribution < 1.29 is 0 Å². The summed E-state index contributed by atoms with van der Waals surface area (Å²) < 4.78 is 2.03. The maximum Gasteiger partial charge on any atom is 0.0991 e. The van der Waals surface area contributed by atoms with E-state index in [0.717, 1.165) is 5.69 Å². The summed E-state index contributed by atoms with van der Waals surface area (Å²) >= 11 is 0. The van der Waals surface area contributed by atoms with Gasteiger partial charge in [-0.05, 0) is 49.3 Å². The Hall–Kier alpha value is -1.61. The number of hydrogen-bond acceptors (Lipinski definition) is 2. The van der Waals surface area contributed by atoms with Crippen LogP contribution < -0.4 is 5.32 Å². The van der Waals surface area contributed by atoms with Gasteiger partial charge in [0.25, 0.3) is 0 Å². The zero-order valence-electron chi connectivity index (χ0n) is 13.2. The van der Waals surface area contributed by atoms with E-state index in [1.807, 2.05) is 17.1 Å². The lowest BCUT2D eigenvalue weighted by molar-refractivity contribution is 0.356. The van der Waals surface area contributed by atoms with Gasteiger partial charge in [0, 0.05) is 30.2 Å². The molecule has 2 atom stereocenters. The zero-order chi connectivity index (χ0) is 14.9. The molecule has 2 aromatic rings. The molecule has 0 saturated heterocycles. The van der Waals surface area contributed by atoms with Gasteiger partial charge >= 0.3 is 0 Å². The molecule has 1 saturated carbocycles. The van der Waals surface area contributed by atoms with Gasteiger partial charge in [0.05, 0.1) is 6.33 Å². The normalized spacial score (nSPS) is 22.3. The Kier molecular flexibility index (Phi) is 3.85. The number of aromatic nitrogens is 2. The maximum absolute atomic E-state index is 4.09. The van der Waals surface area contributed by atoms with E-state index in [2.05, 4.69) is 55.3 Å². The molecule has 1 heterocycles. The van der Waals surface area contributed by atoms with Crippen LogP contribution in [0, 0.1) is 5.41 Å². The highest BCUT2D eigenvalue weighted by atomic mass is 15.0. The molecule has 0 spiro atoms. The number of rotatable bonds is 4. The van der Waals surface area contributed by atoms with Crippen LogP contribution >= 0.6 is 0 Å². The van der Waals surface area contributed by atoms with Crippen LogP contribution in [-0.4, -0.2) is 15.6 Å². The smallest absolute Gasteiger partial charge is 0.0991 e. The number of hydrogen-bond donors (Lipinski definition) is 1. The summed E-state index contributed by atoms with van der Waals surface area (Å²) in [4.78, 5) is 4.09. The predicted octanol–water partition coefficient (Wildman–Crippen LogP) is 4.10. The minimum absolute atomic E-state index is 0.403. The van der Waals surface area contributed by atoms with Gasteiger partial charge in [0.1, 0.15) is 0 Å². The molecule has 1 fully saturated rings. The second-order valence-corrected chi connectivity index (χ2v) is 7.05. The highest BCUT2D eigenvalue weighted by molar-refractivity contribution is 5.35. The monoisotopic (exact) mass is 283 g/mol. The average molecular weight is 283 g/mol. The van der Waals surface area contributed by atoms with Crippen LogP contribution in [0.3, 0.4) is 0 Å². The van der Waals surface area contributed by atoms with Crippen LogP contribution in [0.25, 0.3) is 5.69 Å². The van der Waals surface area contributed by atoms with Gasteiger partial charge in [-0.15, -0.1) is 0 Å². The van der Waals surface area contributed by atoms with Crippen LogP contribution in [0.15, 0.2) is 43.0 Å². The largest absolute Gasteiger partial charge is 0.307 e. The van der Waals surface area contributed by atoms with Gasteiger partial charge in [0.2, 0.25) is 0 Å². The molecule has 21 heavy (non-hydrogen) atoms. The third-order valence-corrected chi connectivity index (χ3v) is 4.65. The molecule has 1 aromatic heterocycles. The van der Waals surface area contributed by atoms with Gasteiger partial charge in [0.15, 0.2) is 0 Å². The second kappa shape index (κ2) is 5.64. The fraction of sp³-hybridized carbons (Fsp3) is 0.500. The Morgan fingerprint density at radius 2 is 2.05 bits per heavy atom. The van der Waals surface area contributed by atoms with Crippen molar-refractivity contribution >= 4 is 0 Å². The molecule has 3 heteroatoms. The number of imidazole rings is 1. The summed E-state index contributed by atoms with van der Waals surface area (Å²) in [6, 6.07) is 9.81. The molecule has 112 valence electrons. The van der Waals surface area contributed by atoms with Gasteiger partial charge in [-0.25, -0.2) is 4.98 Å². The summed E-state index contributed by atoms with van der Waals surface area (Å²) in [5, 5.41) is 3.79. The average Bonchev–Trinajstić information content (AvgIpc) is 3.09. The van der Waals surface area contributed by atoms with Crippen molar-refractivity contribution in [2.45, 2.75) is 52.1 Å². The summed E-state index contributed by atoms with van der Waals surface area (Å²) in [5.41, 5.74) is 3.01. The molecule has 0 radical (unpaired) electrons. The van der Waals surface area contributed by atoms with Crippen LogP contribution in [0.1, 0.15) is 51.6 Å². The minimum atomic E-state index is 0.403. The van der Waals surface area contributed by atoms with Crippen molar-refractivity contribution in [3.63, 3.8) is 0 Å². The fourth-order valence-corrected chi connectivity index (χ4v) is 3.38. The third kappa shape index (κ3) is 3.35. The number of nitrogens with one attached hydrogen (secondary N) is 1. The Bertz CT molecular complexity index is 569. The molecule has 1 aliphatic rings. The van der Waals surface area contributed by atoms with Crippen LogP contribution in [0.5, 0.6) is 0 Å². The van der Waals surface area contributed by atoms with E-state index in [0.29, 0.717) is 17.5 Å². The molecule has 1 N–H and O–H groups in total. The van der Waals surface area contributed by atoms with E-state index in [1.165, 1.54) is 24.8 Å². The van der Waals surface area contributed by atoms with Gasteiger partial charge in [-0.2, -0.15) is 0 Å². The highest BCUT2D eigenvalue weighted by Gasteiger charge is 2.31. The Morgan fingerprint density at radius 3 is 2.62 bits per heavy atom. The Labute approximate surface area is 127 Å². The van der Waals surface area contributed by atoms with Crippen LogP contribution in [0.4, 0.5) is 0 Å². The first-order valence-corrected chi connectivity index (χ1v) is 7.88. The van der Waals surface area contributed by atoms with Crippen LogP contribution in [0.2, 0.25) is 0 Å². The number of nitrogens with zero attached hydrogens (tertiary/aromatic N) is 2. The molecule has 3 nitrogen and oxygen atoms in total. The van der Waals surface area contributed by atoms with Crippen molar-refractivity contribution in [3.8, 4) is 5.69 Å². The van der Waals surface area contributed by atoms with E-state index >= 15 is 0 Å². The molecular weight excluding hydrogens is 258 g/mol. The van der Waals surface area contributed by atoms with Gasteiger partial charge in [-0.3, -0.25) is 0 Å². The lowest BCUT2D eigenvalue weighted by atomic mass is 9.91. The lowest BCUT2D eigenvalue weighted by Gasteiger charge is -2.22. The summed E-state index contributed by atoms with van der Waals surface area (Å²) in [7, 11) is 0. The molecule has 1 aromatic carbocycles. The predicted molar refractivity (Wildman–Crippen MR) is 86.5 cm³/mol. The lowest BCUT2D eigenvalue weighted by Crippen LogP contribution is -2.30. The fourth-order valence-electron chi connectivity index (χ4n) is 3.38. The molecule has 0 amide bonds. The summed E-state index contributed by atoms with van der Waals surface area (Å²) in [6.07, 6.45) is 9.51. The zero-order valence-corrected chi connectivity index (χ0v) is 13.2. The number of benzene rings is 1. The molecule has 3 rings (SSSR count). The molecule has 1 aliphatic carbocycles. The summed E-state index contributed by atoms with van der Waals surface area (Å²) in [5.74, 6) is 0. The van der Waals surface area contributed by atoms with Crippen molar-refractivity contribution in [2.24, 2.45) is 5.41 Å². The second-order valence-electron chi connectivity index (χ2n) is 7.05. The maximum atomic E-state index is 4.09. The molecular formula is C18H25N3. The van der Waals surface area contributed by atoms with Crippen molar-refractivity contribution in [3.05, 3.63) is 48.5 Å². The van der Waals surface area contributed by atoms with Crippen molar-refractivity contribution in [1.82, 2.24) is 14.9 Å². The van der Waals surface area contributed by atoms with E-state index in [1.54, 1.807) is 6.20 Å². The quantitative estimate of drug-likeness (QED) is 0.915. The third-order valence-electron chi connectivity index (χ3n) is 4.65. The summed E-state index contributed by atoms with van der Waals surface area (Å²) in [6.45, 7) is 7.01. The van der Waals surface area contributed by atoms with E-state index in [-0.39, 0.29) is 0 Å². The van der Waals surface area contributed by atoms with Crippen molar-refractivity contribution in [1.29, 1.82) is 0 Å². The van der Waals surface area contributed by atoms with E-state index < -0.39 is 0 Å². The van der Waals surface area contributed by atoms with E-state index in [9.17, 15) is 0 Å². The van der Waals surface area contributed by atoms with E-state index in [4.69, 9.17) is 0 Å². The topological polar surface area (TPSA) is 29.9 Å². The SMILES string of the molecule is CC(NC1CCC(C)(C)C1)c1ccc(-n2ccnc2)cc1. The molecule has 0 aliphatic heterocycles. The van der Waals surface area contributed by atoms with Crippen molar-refractivity contribution in [2.75, 3.05) is 0 Å². The first-order valence-electron chi connectivity index (χ1n) is 7.88. The molecule has 0 bridgehead atoms. The van der Waals surface area contributed by atoms with Gasteiger partial charge in [-0.1, -0.05) is 26.0 Å². The first-order chi connectivity index (χ1) is 10.0. The first kappa shape index (κ1) is 14.3. The molecule has 2 unspecified atom stereocenters. The minimum Gasteiger partial charge on any atom is -0.307 e. The van der Waals surface area contributed by atoms with Gasteiger partial charge < -0.3 is 9.88 Å². The van der Waals surface area contributed by atoms with Crippen LogP contribution in [-0.2, 0) is 0 Å². The standard InChI is InChI=1S/C18H25N3/c1-14(20-16-8-9-18(2,3)12-16)15-4-6-17(7-5-15)21-11-10-19-13-21/h4-7,10-11,13-14,16,20H,8-9,12H2,1-3H3. The Morgan fingerprint density at radius 1 is 1.29 bits per heavy atom.